The second-order valence-electron chi connectivity index (χ2n) is 4.88. The van der Waals surface area contributed by atoms with E-state index in [1.165, 1.54) is 17.8 Å². The maximum Gasteiger partial charge on any atom is 0.141 e. The molecule has 0 aliphatic rings. The van der Waals surface area contributed by atoms with Crippen LogP contribution >= 0.6 is 0 Å². The van der Waals surface area contributed by atoms with Crippen molar-refractivity contribution in [2.45, 2.75) is 25.8 Å². The van der Waals surface area contributed by atoms with Gasteiger partial charge in [-0.1, -0.05) is 25.1 Å². The van der Waals surface area contributed by atoms with Crippen molar-refractivity contribution in [3.63, 3.8) is 0 Å². The van der Waals surface area contributed by atoms with E-state index in [0.717, 1.165) is 30.8 Å². The summed E-state index contributed by atoms with van der Waals surface area (Å²) in [6, 6.07) is 11.3. The molecule has 4 heteroatoms. The van der Waals surface area contributed by atoms with Crippen LogP contribution in [-0.2, 0) is 6.42 Å². The topological polar surface area (TPSA) is 34.1 Å². The highest BCUT2D eigenvalue weighted by molar-refractivity contribution is 5.33. The fraction of sp³-hybridized carbons (Fsp3) is 0.353. The number of pyridine rings is 1. The van der Waals surface area contributed by atoms with Gasteiger partial charge in [0, 0.05) is 6.04 Å². The predicted molar refractivity (Wildman–Crippen MR) is 81.9 cm³/mol. The SMILES string of the molecule is CCC(NCCc1ccccc1OC)c1ccc(F)cn1. The van der Waals surface area contributed by atoms with Crippen LogP contribution < -0.4 is 10.1 Å². The molecule has 0 radical (unpaired) electrons. The van der Waals surface area contributed by atoms with Crippen LogP contribution in [0.15, 0.2) is 42.6 Å². The summed E-state index contributed by atoms with van der Waals surface area (Å²) in [4.78, 5) is 4.15. The van der Waals surface area contributed by atoms with E-state index >= 15 is 0 Å². The first-order chi connectivity index (χ1) is 10.2. The number of rotatable bonds is 7. The molecule has 0 saturated carbocycles. The summed E-state index contributed by atoms with van der Waals surface area (Å²) in [5, 5.41) is 3.46. The van der Waals surface area contributed by atoms with Crippen molar-refractivity contribution in [3.05, 3.63) is 59.7 Å². The third-order valence-electron chi connectivity index (χ3n) is 3.49. The zero-order valence-corrected chi connectivity index (χ0v) is 12.5. The Labute approximate surface area is 125 Å². The van der Waals surface area contributed by atoms with E-state index in [-0.39, 0.29) is 11.9 Å². The summed E-state index contributed by atoms with van der Waals surface area (Å²) < 4.78 is 18.3. The Morgan fingerprint density at radius 1 is 1.24 bits per heavy atom. The first-order valence-corrected chi connectivity index (χ1v) is 7.21. The minimum Gasteiger partial charge on any atom is -0.496 e. The second kappa shape index (κ2) is 7.74. The molecule has 2 rings (SSSR count). The summed E-state index contributed by atoms with van der Waals surface area (Å²) in [5.41, 5.74) is 2.05. The first kappa shape index (κ1) is 15.4. The summed E-state index contributed by atoms with van der Waals surface area (Å²) in [5.74, 6) is 0.606. The number of hydrogen-bond donors (Lipinski definition) is 1. The lowest BCUT2D eigenvalue weighted by atomic mass is 10.1. The number of ether oxygens (including phenoxy) is 1. The summed E-state index contributed by atoms with van der Waals surface area (Å²) in [6.45, 7) is 2.91. The van der Waals surface area contributed by atoms with Gasteiger partial charge in [0.1, 0.15) is 11.6 Å². The molecule has 1 heterocycles. The molecule has 3 nitrogen and oxygen atoms in total. The van der Waals surface area contributed by atoms with E-state index in [2.05, 4.69) is 23.3 Å². The Kier molecular flexibility index (Phi) is 5.69. The van der Waals surface area contributed by atoms with E-state index in [0.29, 0.717) is 0 Å². The van der Waals surface area contributed by atoms with Crippen LogP contribution in [0.2, 0.25) is 0 Å². The van der Waals surface area contributed by atoms with Gasteiger partial charge in [0.25, 0.3) is 0 Å². The molecule has 0 aliphatic carbocycles. The molecular weight excluding hydrogens is 267 g/mol. The fourth-order valence-corrected chi connectivity index (χ4v) is 2.34. The maximum absolute atomic E-state index is 12.9. The Hall–Kier alpha value is -1.94. The molecule has 0 spiro atoms. The summed E-state index contributed by atoms with van der Waals surface area (Å²) >= 11 is 0. The molecule has 2 aromatic rings. The van der Waals surface area contributed by atoms with Crippen LogP contribution in [0, 0.1) is 5.82 Å². The lowest BCUT2D eigenvalue weighted by molar-refractivity contribution is 0.408. The number of methoxy groups -OCH3 is 1. The minimum atomic E-state index is -0.303. The molecule has 0 bridgehead atoms. The lowest BCUT2D eigenvalue weighted by Gasteiger charge is -2.17. The molecule has 1 aromatic heterocycles. The molecule has 112 valence electrons. The average molecular weight is 288 g/mol. The number of hydrogen-bond acceptors (Lipinski definition) is 3. The van der Waals surface area contributed by atoms with Gasteiger partial charge in [-0.2, -0.15) is 0 Å². The van der Waals surface area contributed by atoms with Crippen LogP contribution in [0.5, 0.6) is 5.75 Å². The van der Waals surface area contributed by atoms with Gasteiger partial charge in [0.15, 0.2) is 0 Å². The van der Waals surface area contributed by atoms with E-state index in [4.69, 9.17) is 4.74 Å². The Balaban J connectivity index is 1.93. The molecule has 1 atom stereocenters. The van der Waals surface area contributed by atoms with E-state index in [1.54, 1.807) is 13.2 Å². The molecular formula is C17H21FN2O. The van der Waals surface area contributed by atoms with Crippen molar-refractivity contribution in [2.75, 3.05) is 13.7 Å². The number of nitrogens with one attached hydrogen (secondary N) is 1. The second-order valence-corrected chi connectivity index (χ2v) is 4.88. The van der Waals surface area contributed by atoms with Crippen molar-refractivity contribution >= 4 is 0 Å². The Bertz CT molecular complexity index is 557. The van der Waals surface area contributed by atoms with Crippen molar-refractivity contribution in [3.8, 4) is 5.75 Å². The van der Waals surface area contributed by atoms with Gasteiger partial charge in [-0.25, -0.2) is 4.39 Å². The molecule has 0 amide bonds. The monoisotopic (exact) mass is 288 g/mol. The van der Waals surface area contributed by atoms with Crippen LogP contribution in [-0.4, -0.2) is 18.6 Å². The van der Waals surface area contributed by atoms with Gasteiger partial charge in [-0.05, 0) is 43.1 Å². The maximum atomic E-state index is 12.9. The normalized spacial score (nSPS) is 12.1. The zero-order chi connectivity index (χ0) is 15.1. The average Bonchev–Trinajstić information content (AvgIpc) is 2.53. The van der Waals surface area contributed by atoms with Crippen LogP contribution in [0.4, 0.5) is 4.39 Å². The molecule has 21 heavy (non-hydrogen) atoms. The molecule has 0 fully saturated rings. The summed E-state index contributed by atoms with van der Waals surface area (Å²) in [6.07, 6.45) is 3.05. The molecule has 1 N–H and O–H groups in total. The fourth-order valence-electron chi connectivity index (χ4n) is 2.34. The quantitative estimate of drug-likeness (QED) is 0.846. The van der Waals surface area contributed by atoms with Crippen molar-refractivity contribution < 1.29 is 9.13 Å². The molecule has 0 saturated heterocycles. The highest BCUT2D eigenvalue weighted by Crippen LogP contribution is 2.18. The summed E-state index contributed by atoms with van der Waals surface area (Å²) in [7, 11) is 1.68. The third kappa shape index (κ3) is 4.26. The number of halogens is 1. The van der Waals surface area contributed by atoms with E-state index in [9.17, 15) is 4.39 Å². The number of para-hydroxylation sites is 1. The number of nitrogens with zero attached hydrogens (tertiary/aromatic N) is 1. The Morgan fingerprint density at radius 3 is 2.71 bits per heavy atom. The van der Waals surface area contributed by atoms with Crippen molar-refractivity contribution in [1.29, 1.82) is 0 Å². The molecule has 1 aromatic carbocycles. The molecule has 1 unspecified atom stereocenters. The van der Waals surface area contributed by atoms with E-state index < -0.39 is 0 Å². The molecule has 0 aliphatic heterocycles. The van der Waals surface area contributed by atoms with Crippen LogP contribution in [0.3, 0.4) is 0 Å². The minimum absolute atomic E-state index is 0.139. The van der Waals surface area contributed by atoms with Gasteiger partial charge in [-0.15, -0.1) is 0 Å². The highest BCUT2D eigenvalue weighted by atomic mass is 19.1. The number of aromatic nitrogens is 1. The third-order valence-corrected chi connectivity index (χ3v) is 3.49. The smallest absolute Gasteiger partial charge is 0.141 e. The largest absolute Gasteiger partial charge is 0.496 e. The highest BCUT2D eigenvalue weighted by Gasteiger charge is 2.10. The first-order valence-electron chi connectivity index (χ1n) is 7.21. The lowest BCUT2D eigenvalue weighted by Crippen LogP contribution is -2.24. The van der Waals surface area contributed by atoms with Gasteiger partial charge in [0.05, 0.1) is 19.0 Å². The van der Waals surface area contributed by atoms with E-state index in [1.807, 2.05) is 18.2 Å². The standard InChI is InChI=1S/C17H21FN2O/c1-3-15(16-9-8-14(18)12-20-16)19-11-10-13-6-4-5-7-17(13)21-2/h4-9,12,15,19H,3,10-11H2,1-2H3. The van der Waals surface area contributed by atoms with Crippen molar-refractivity contribution in [2.24, 2.45) is 0 Å². The van der Waals surface area contributed by atoms with Gasteiger partial charge in [0.2, 0.25) is 0 Å². The predicted octanol–water partition coefficient (Wildman–Crippen LogP) is 3.51. The Morgan fingerprint density at radius 2 is 2.05 bits per heavy atom. The van der Waals surface area contributed by atoms with Crippen LogP contribution in [0.1, 0.15) is 30.6 Å². The van der Waals surface area contributed by atoms with Gasteiger partial charge >= 0.3 is 0 Å². The van der Waals surface area contributed by atoms with Gasteiger partial charge in [-0.3, -0.25) is 4.98 Å². The van der Waals surface area contributed by atoms with Gasteiger partial charge < -0.3 is 10.1 Å². The van der Waals surface area contributed by atoms with Crippen molar-refractivity contribution in [1.82, 2.24) is 10.3 Å². The van der Waals surface area contributed by atoms with Crippen LogP contribution in [0.25, 0.3) is 0 Å². The zero-order valence-electron chi connectivity index (χ0n) is 12.5. The number of benzene rings is 1.